The zero-order valence-corrected chi connectivity index (χ0v) is 14.4. The van der Waals surface area contributed by atoms with Crippen LogP contribution in [0.1, 0.15) is 56.8 Å². The lowest BCUT2D eigenvalue weighted by Gasteiger charge is -2.28. The van der Waals surface area contributed by atoms with E-state index in [0.29, 0.717) is 12.5 Å². The number of rotatable bonds is 9. The molecule has 0 N–H and O–H groups in total. The quantitative estimate of drug-likeness (QED) is 0.595. The standard InChI is InChI=1S/C17H26BrNO/c1-4-6-12-19(14(3)5-2)13-11-17(20)15-9-7-8-10-16(15)18/h7-10,14H,4-6,11-13H2,1-3H3. The Morgan fingerprint density at radius 1 is 1.25 bits per heavy atom. The van der Waals surface area contributed by atoms with E-state index in [1.54, 1.807) is 0 Å². The van der Waals surface area contributed by atoms with Gasteiger partial charge in [-0.2, -0.15) is 0 Å². The van der Waals surface area contributed by atoms with Crippen LogP contribution < -0.4 is 0 Å². The van der Waals surface area contributed by atoms with E-state index in [4.69, 9.17) is 0 Å². The molecular weight excluding hydrogens is 314 g/mol. The summed E-state index contributed by atoms with van der Waals surface area (Å²) >= 11 is 3.45. The molecule has 1 aromatic carbocycles. The summed E-state index contributed by atoms with van der Waals surface area (Å²) in [6.07, 6.45) is 4.13. The maximum atomic E-state index is 12.3. The van der Waals surface area contributed by atoms with Crippen molar-refractivity contribution in [2.45, 2.75) is 52.5 Å². The third kappa shape index (κ3) is 5.37. The smallest absolute Gasteiger partial charge is 0.165 e. The minimum absolute atomic E-state index is 0.224. The number of unbranched alkanes of at least 4 members (excludes halogenated alkanes) is 1. The van der Waals surface area contributed by atoms with Crippen LogP contribution in [0.3, 0.4) is 0 Å². The minimum atomic E-state index is 0.224. The van der Waals surface area contributed by atoms with E-state index in [-0.39, 0.29) is 5.78 Å². The molecule has 0 saturated heterocycles. The SMILES string of the molecule is CCCCN(CCC(=O)c1ccccc1Br)C(C)CC. The summed E-state index contributed by atoms with van der Waals surface area (Å²) < 4.78 is 0.897. The van der Waals surface area contributed by atoms with E-state index >= 15 is 0 Å². The van der Waals surface area contributed by atoms with E-state index in [9.17, 15) is 4.79 Å². The molecule has 0 aliphatic rings. The van der Waals surface area contributed by atoms with Gasteiger partial charge in [0.25, 0.3) is 0 Å². The van der Waals surface area contributed by atoms with Gasteiger partial charge in [0.1, 0.15) is 0 Å². The molecule has 0 spiro atoms. The Hall–Kier alpha value is -0.670. The predicted octanol–water partition coefficient (Wildman–Crippen LogP) is 4.92. The predicted molar refractivity (Wildman–Crippen MR) is 89.3 cm³/mol. The summed E-state index contributed by atoms with van der Waals surface area (Å²) in [5, 5.41) is 0. The number of halogens is 1. The van der Waals surface area contributed by atoms with Crippen molar-refractivity contribution in [2.75, 3.05) is 13.1 Å². The van der Waals surface area contributed by atoms with Crippen LogP contribution in [0.4, 0.5) is 0 Å². The highest BCUT2D eigenvalue weighted by Crippen LogP contribution is 2.18. The van der Waals surface area contributed by atoms with Crippen LogP contribution in [0.2, 0.25) is 0 Å². The van der Waals surface area contributed by atoms with Crippen molar-refractivity contribution in [3.8, 4) is 0 Å². The van der Waals surface area contributed by atoms with Gasteiger partial charge in [-0.3, -0.25) is 4.79 Å². The lowest BCUT2D eigenvalue weighted by molar-refractivity contribution is 0.0950. The molecule has 0 amide bonds. The van der Waals surface area contributed by atoms with Gasteiger partial charge in [-0.1, -0.05) is 54.4 Å². The van der Waals surface area contributed by atoms with Gasteiger partial charge < -0.3 is 4.90 Å². The van der Waals surface area contributed by atoms with E-state index in [1.807, 2.05) is 24.3 Å². The van der Waals surface area contributed by atoms with E-state index in [0.717, 1.165) is 29.5 Å². The Morgan fingerprint density at radius 2 is 1.95 bits per heavy atom. The number of carbonyl (C=O) groups excluding carboxylic acids is 1. The average Bonchev–Trinajstić information content (AvgIpc) is 2.46. The molecule has 1 unspecified atom stereocenters. The largest absolute Gasteiger partial charge is 0.300 e. The second-order valence-electron chi connectivity index (χ2n) is 5.30. The Kier molecular flexibility index (Phi) is 8.08. The van der Waals surface area contributed by atoms with Gasteiger partial charge in [0, 0.05) is 29.0 Å². The zero-order valence-electron chi connectivity index (χ0n) is 12.9. The fourth-order valence-electron chi connectivity index (χ4n) is 2.24. The summed E-state index contributed by atoms with van der Waals surface area (Å²) in [5.41, 5.74) is 0.798. The maximum Gasteiger partial charge on any atom is 0.165 e. The first-order valence-corrected chi connectivity index (χ1v) is 8.41. The first kappa shape index (κ1) is 17.4. The highest BCUT2D eigenvalue weighted by atomic mass is 79.9. The van der Waals surface area contributed by atoms with Crippen molar-refractivity contribution in [2.24, 2.45) is 0 Å². The van der Waals surface area contributed by atoms with Crippen molar-refractivity contribution < 1.29 is 4.79 Å². The highest BCUT2D eigenvalue weighted by molar-refractivity contribution is 9.10. The monoisotopic (exact) mass is 339 g/mol. The van der Waals surface area contributed by atoms with Crippen LogP contribution in [-0.4, -0.2) is 29.8 Å². The van der Waals surface area contributed by atoms with Crippen molar-refractivity contribution in [3.63, 3.8) is 0 Å². The van der Waals surface area contributed by atoms with Gasteiger partial charge in [-0.25, -0.2) is 0 Å². The number of ketones is 1. The Balaban J connectivity index is 2.58. The lowest BCUT2D eigenvalue weighted by Crippen LogP contribution is -2.35. The second kappa shape index (κ2) is 9.30. The van der Waals surface area contributed by atoms with Crippen LogP contribution in [-0.2, 0) is 0 Å². The summed E-state index contributed by atoms with van der Waals surface area (Å²) in [5.74, 6) is 0.224. The molecule has 0 heterocycles. The molecule has 20 heavy (non-hydrogen) atoms. The van der Waals surface area contributed by atoms with Gasteiger partial charge in [-0.05, 0) is 32.4 Å². The molecule has 3 heteroatoms. The van der Waals surface area contributed by atoms with Crippen molar-refractivity contribution >= 4 is 21.7 Å². The minimum Gasteiger partial charge on any atom is -0.300 e. The number of hydrogen-bond donors (Lipinski definition) is 0. The average molecular weight is 340 g/mol. The molecular formula is C17H26BrNO. The molecule has 1 aromatic rings. The molecule has 2 nitrogen and oxygen atoms in total. The Bertz CT molecular complexity index is 419. The van der Waals surface area contributed by atoms with Gasteiger partial charge in [0.15, 0.2) is 5.78 Å². The van der Waals surface area contributed by atoms with Gasteiger partial charge in [-0.15, -0.1) is 0 Å². The van der Waals surface area contributed by atoms with Gasteiger partial charge >= 0.3 is 0 Å². The number of hydrogen-bond acceptors (Lipinski definition) is 2. The van der Waals surface area contributed by atoms with Gasteiger partial charge in [0.2, 0.25) is 0 Å². The molecule has 1 atom stereocenters. The fourth-order valence-corrected chi connectivity index (χ4v) is 2.75. The fraction of sp³-hybridized carbons (Fsp3) is 0.588. The van der Waals surface area contributed by atoms with Gasteiger partial charge in [0.05, 0.1) is 0 Å². The van der Waals surface area contributed by atoms with Crippen LogP contribution >= 0.6 is 15.9 Å². The number of benzene rings is 1. The summed E-state index contributed by atoms with van der Waals surface area (Å²) in [4.78, 5) is 14.7. The third-order valence-corrected chi connectivity index (χ3v) is 4.50. The normalized spacial score (nSPS) is 12.7. The first-order valence-electron chi connectivity index (χ1n) is 7.61. The first-order chi connectivity index (χ1) is 9.60. The highest BCUT2D eigenvalue weighted by Gasteiger charge is 2.15. The molecule has 0 radical (unpaired) electrons. The van der Waals surface area contributed by atoms with Crippen molar-refractivity contribution in [1.82, 2.24) is 4.90 Å². The van der Waals surface area contributed by atoms with Crippen molar-refractivity contribution in [1.29, 1.82) is 0 Å². The van der Waals surface area contributed by atoms with E-state index in [2.05, 4.69) is 41.6 Å². The summed E-state index contributed by atoms with van der Waals surface area (Å²) in [6, 6.07) is 8.23. The molecule has 0 bridgehead atoms. The maximum absolute atomic E-state index is 12.3. The van der Waals surface area contributed by atoms with Crippen LogP contribution in [0.5, 0.6) is 0 Å². The number of nitrogens with zero attached hydrogens (tertiary/aromatic N) is 1. The zero-order chi connectivity index (χ0) is 15.0. The topological polar surface area (TPSA) is 20.3 Å². The molecule has 0 saturated carbocycles. The van der Waals surface area contributed by atoms with Crippen molar-refractivity contribution in [3.05, 3.63) is 34.3 Å². The van der Waals surface area contributed by atoms with Crippen LogP contribution in [0, 0.1) is 0 Å². The number of carbonyl (C=O) groups is 1. The Labute approximate surface area is 131 Å². The molecule has 0 aliphatic heterocycles. The second-order valence-corrected chi connectivity index (χ2v) is 6.15. The van der Waals surface area contributed by atoms with E-state index < -0.39 is 0 Å². The molecule has 112 valence electrons. The molecule has 1 rings (SSSR count). The third-order valence-electron chi connectivity index (χ3n) is 3.81. The number of Topliss-reactive ketones (excluding diaryl/α,β-unsaturated/α-hetero) is 1. The Morgan fingerprint density at radius 3 is 2.55 bits per heavy atom. The molecule has 0 aliphatic carbocycles. The molecule has 0 aromatic heterocycles. The summed E-state index contributed by atoms with van der Waals surface area (Å²) in [6.45, 7) is 8.61. The van der Waals surface area contributed by atoms with Crippen LogP contribution in [0.25, 0.3) is 0 Å². The van der Waals surface area contributed by atoms with Crippen LogP contribution in [0.15, 0.2) is 28.7 Å². The summed E-state index contributed by atoms with van der Waals surface area (Å²) in [7, 11) is 0. The molecule has 0 fully saturated rings. The lowest BCUT2D eigenvalue weighted by atomic mass is 10.1. The van der Waals surface area contributed by atoms with E-state index in [1.165, 1.54) is 12.8 Å².